The Morgan fingerprint density at radius 2 is 1.55 bits per heavy atom. The highest BCUT2D eigenvalue weighted by Gasteiger charge is 2.27. The molecule has 1 aliphatic carbocycles. The van der Waals surface area contributed by atoms with E-state index in [1.807, 2.05) is 0 Å². The summed E-state index contributed by atoms with van der Waals surface area (Å²) in [4.78, 5) is 0. The van der Waals surface area contributed by atoms with Gasteiger partial charge >= 0.3 is 0 Å². The molecule has 1 aromatic heterocycles. The van der Waals surface area contributed by atoms with Crippen molar-refractivity contribution in [3.05, 3.63) is 89.6 Å². The van der Waals surface area contributed by atoms with Crippen molar-refractivity contribution in [3.63, 3.8) is 0 Å². The predicted octanol–water partition coefficient (Wildman–Crippen LogP) is 6.43. The molecule has 1 aliphatic rings. The molecule has 0 atom stereocenters. The van der Waals surface area contributed by atoms with E-state index in [2.05, 4.69) is 111 Å². The van der Waals surface area contributed by atoms with Gasteiger partial charge in [-0.1, -0.05) is 84.8 Å². The summed E-state index contributed by atoms with van der Waals surface area (Å²) in [5.41, 5.74) is 7.11. The van der Waals surface area contributed by atoms with Crippen LogP contribution in [0, 0.1) is 13.8 Å². The van der Waals surface area contributed by atoms with E-state index in [0.29, 0.717) is 0 Å². The first-order chi connectivity index (χ1) is 15.9. The molecule has 0 spiro atoms. The van der Waals surface area contributed by atoms with E-state index in [4.69, 9.17) is 0 Å². The molecule has 0 N–H and O–H groups in total. The molecule has 1 heterocycles. The fourth-order valence-electron chi connectivity index (χ4n) is 5.75. The summed E-state index contributed by atoms with van der Waals surface area (Å²) in [6.45, 7) is 9.51. The normalized spacial score (nSPS) is 14.8. The number of aryl methyl sites for hydroxylation is 2. The first-order valence-corrected chi connectivity index (χ1v) is 15.5. The topological polar surface area (TPSA) is 3.88 Å². The molecule has 0 radical (unpaired) electrons. The van der Waals surface area contributed by atoms with E-state index < -0.39 is 8.07 Å². The lowest BCUT2D eigenvalue weighted by molar-refractivity contribution is -0.659. The van der Waals surface area contributed by atoms with Crippen LogP contribution >= 0.6 is 0 Å². The van der Waals surface area contributed by atoms with E-state index in [-0.39, 0.29) is 0 Å². The number of rotatable bonds is 4. The Balaban J connectivity index is 1.67. The molecule has 0 aliphatic heterocycles. The maximum atomic E-state index is 2.50. The number of nitrogens with zero attached hydrogens (tertiary/aromatic N) is 1. The van der Waals surface area contributed by atoms with Crippen LogP contribution < -0.4 is 14.9 Å². The monoisotopic (exact) mass is 450 g/mol. The summed E-state index contributed by atoms with van der Waals surface area (Å²) < 4.78 is 2.32. The number of fused-ring (bicyclic) bond motifs is 1. The number of hydrogen-bond donors (Lipinski definition) is 0. The number of pyridine rings is 1. The third kappa shape index (κ3) is 3.95. The fraction of sp³-hybridized carbons (Fsp3) is 0.323. The van der Waals surface area contributed by atoms with Crippen molar-refractivity contribution in [2.75, 3.05) is 0 Å². The van der Waals surface area contributed by atoms with Crippen molar-refractivity contribution in [3.8, 4) is 11.3 Å². The third-order valence-electron chi connectivity index (χ3n) is 8.13. The standard InChI is InChI=1S/C31H36NSi/c1-22-19-26(24-11-9-10-12-24)21-30(23(22)2)31-29-16-15-28(20-25(29)17-18-32(31)3)33(4,5)27-13-7-6-8-14-27/h6-8,13-21,24H,9-12H2,1-5H3/q+1. The molecule has 3 aromatic carbocycles. The number of aromatic nitrogens is 1. The molecule has 33 heavy (non-hydrogen) atoms. The zero-order chi connectivity index (χ0) is 23.2. The summed E-state index contributed by atoms with van der Waals surface area (Å²) in [5.74, 6) is 0.729. The quantitative estimate of drug-likeness (QED) is 0.249. The van der Waals surface area contributed by atoms with Gasteiger partial charge in [-0.15, -0.1) is 0 Å². The van der Waals surface area contributed by atoms with Crippen molar-refractivity contribution in [1.29, 1.82) is 0 Å². The van der Waals surface area contributed by atoms with Gasteiger partial charge in [0.05, 0.1) is 10.9 Å². The Morgan fingerprint density at radius 3 is 2.27 bits per heavy atom. The molecular weight excluding hydrogens is 414 g/mol. The van der Waals surface area contributed by atoms with Crippen LogP contribution in [-0.2, 0) is 7.05 Å². The van der Waals surface area contributed by atoms with Crippen LogP contribution in [0.1, 0.15) is 48.3 Å². The van der Waals surface area contributed by atoms with Crippen LogP contribution in [0.15, 0.2) is 72.9 Å². The summed E-state index contributed by atoms with van der Waals surface area (Å²) in [7, 11) is 0.460. The number of benzene rings is 3. The van der Waals surface area contributed by atoms with Gasteiger partial charge in [-0.05, 0) is 66.8 Å². The Morgan fingerprint density at radius 1 is 0.818 bits per heavy atom. The maximum absolute atomic E-state index is 2.50. The zero-order valence-electron chi connectivity index (χ0n) is 20.8. The number of hydrogen-bond acceptors (Lipinski definition) is 0. The Kier molecular flexibility index (Phi) is 5.74. The first-order valence-electron chi connectivity index (χ1n) is 12.5. The Bertz CT molecular complexity index is 1310. The van der Waals surface area contributed by atoms with Crippen molar-refractivity contribution >= 4 is 29.2 Å². The minimum atomic E-state index is -1.74. The lowest BCUT2D eigenvalue weighted by atomic mass is 9.89. The molecule has 168 valence electrons. The van der Waals surface area contributed by atoms with E-state index in [1.54, 1.807) is 0 Å². The average Bonchev–Trinajstić information content (AvgIpc) is 3.36. The summed E-state index contributed by atoms with van der Waals surface area (Å²) in [5, 5.41) is 5.68. The lowest BCUT2D eigenvalue weighted by Gasteiger charge is -2.24. The minimum Gasteiger partial charge on any atom is -0.200 e. The van der Waals surface area contributed by atoms with E-state index in [0.717, 1.165) is 5.92 Å². The molecular formula is C31H36NSi+. The van der Waals surface area contributed by atoms with Gasteiger partial charge in [-0.3, -0.25) is 0 Å². The largest absolute Gasteiger partial charge is 0.220 e. The third-order valence-corrected chi connectivity index (χ3v) is 11.7. The van der Waals surface area contributed by atoms with E-state index >= 15 is 0 Å². The maximum Gasteiger partial charge on any atom is 0.220 e. The summed E-state index contributed by atoms with van der Waals surface area (Å²) in [6.07, 6.45) is 7.67. The second-order valence-electron chi connectivity index (χ2n) is 10.6. The second-order valence-corrected chi connectivity index (χ2v) is 15.0. The molecule has 0 saturated heterocycles. The smallest absolute Gasteiger partial charge is 0.200 e. The molecule has 0 unspecified atom stereocenters. The molecule has 1 fully saturated rings. The minimum absolute atomic E-state index is 0.729. The summed E-state index contributed by atoms with van der Waals surface area (Å²) in [6, 6.07) is 25.5. The molecule has 0 bridgehead atoms. The molecule has 2 heteroatoms. The van der Waals surface area contributed by atoms with Crippen molar-refractivity contribution in [2.45, 2.75) is 58.5 Å². The Labute approximate surface area is 200 Å². The second kappa shape index (κ2) is 8.57. The van der Waals surface area contributed by atoms with Gasteiger partial charge in [0.25, 0.3) is 0 Å². The van der Waals surface area contributed by atoms with Crippen molar-refractivity contribution < 1.29 is 4.57 Å². The van der Waals surface area contributed by atoms with Crippen molar-refractivity contribution in [2.24, 2.45) is 7.05 Å². The summed E-state index contributed by atoms with van der Waals surface area (Å²) >= 11 is 0. The lowest BCUT2D eigenvalue weighted by Crippen LogP contribution is -2.52. The van der Waals surface area contributed by atoms with Crippen LogP contribution in [0.4, 0.5) is 0 Å². The van der Waals surface area contributed by atoms with Crippen LogP contribution in [-0.4, -0.2) is 8.07 Å². The van der Waals surface area contributed by atoms with Crippen molar-refractivity contribution in [1.82, 2.24) is 0 Å². The molecule has 1 saturated carbocycles. The van der Waals surface area contributed by atoms with Crippen LogP contribution in [0.5, 0.6) is 0 Å². The SMILES string of the molecule is Cc1cc(C2CCCC2)cc(-c2c3ccc([Si](C)(C)c4ccccc4)cc3cc[n+]2C)c1C. The first kappa shape index (κ1) is 22.1. The van der Waals surface area contributed by atoms with Gasteiger partial charge in [0.2, 0.25) is 5.69 Å². The molecule has 5 rings (SSSR count). The fourth-order valence-corrected chi connectivity index (χ4v) is 8.12. The van der Waals surface area contributed by atoms with Crippen LogP contribution in [0.2, 0.25) is 13.1 Å². The van der Waals surface area contributed by atoms with E-state index in [1.165, 1.54) is 74.8 Å². The van der Waals surface area contributed by atoms with Crippen LogP contribution in [0.3, 0.4) is 0 Å². The highest BCUT2D eigenvalue weighted by molar-refractivity contribution is 7.00. The van der Waals surface area contributed by atoms with Gasteiger partial charge < -0.3 is 0 Å². The average molecular weight is 451 g/mol. The highest BCUT2D eigenvalue weighted by Crippen LogP contribution is 2.38. The van der Waals surface area contributed by atoms with Crippen LogP contribution in [0.25, 0.3) is 22.0 Å². The van der Waals surface area contributed by atoms with Gasteiger partial charge in [0.15, 0.2) is 6.20 Å². The molecule has 1 nitrogen and oxygen atoms in total. The molecule has 0 amide bonds. The highest BCUT2D eigenvalue weighted by atomic mass is 28.3. The Hall–Kier alpha value is -2.71. The van der Waals surface area contributed by atoms with Gasteiger partial charge in [0.1, 0.15) is 15.1 Å². The molecule has 4 aromatic rings. The van der Waals surface area contributed by atoms with Gasteiger partial charge in [-0.25, -0.2) is 4.57 Å². The zero-order valence-corrected chi connectivity index (χ0v) is 21.8. The van der Waals surface area contributed by atoms with E-state index in [9.17, 15) is 0 Å². The van der Waals surface area contributed by atoms with Gasteiger partial charge in [-0.2, -0.15) is 0 Å². The van der Waals surface area contributed by atoms with Gasteiger partial charge in [0, 0.05) is 6.07 Å². The predicted molar refractivity (Wildman–Crippen MR) is 144 cm³/mol.